The van der Waals surface area contributed by atoms with Crippen LogP contribution < -0.4 is 0 Å². The summed E-state index contributed by atoms with van der Waals surface area (Å²) in [6, 6.07) is 7.90. The highest BCUT2D eigenvalue weighted by atomic mass is 79.9. The van der Waals surface area contributed by atoms with E-state index in [1.165, 1.54) is 0 Å². The van der Waals surface area contributed by atoms with Crippen molar-refractivity contribution >= 4 is 27.5 Å². The van der Waals surface area contributed by atoms with Crippen LogP contribution in [0.25, 0.3) is 5.69 Å². The maximum atomic E-state index is 6.12. The third kappa shape index (κ3) is 2.24. The number of rotatable bonds is 2. The van der Waals surface area contributed by atoms with Crippen LogP contribution in [-0.2, 0) is 5.33 Å². The topological polar surface area (TPSA) is 17.8 Å². The molecule has 0 aliphatic carbocycles. The predicted molar refractivity (Wildman–Crippen MR) is 65.9 cm³/mol. The Morgan fingerprint density at radius 2 is 2.20 bits per heavy atom. The highest BCUT2D eigenvalue weighted by molar-refractivity contribution is 9.08. The lowest BCUT2D eigenvalue weighted by atomic mass is 10.2. The average Bonchev–Trinajstić information content (AvgIpc) is 2.65. The quantitative estimate of drug-likeness (QED) is 0.769. The van der Waals surface area contributed by atoms with Crippen LogP contribution in [0.15, 0.2) is 30.5 Å². The Morgan fingerprint density at radius 1 is 1.40 bits per heavy atom. The predicted octanol–water partition coefficient (Wildman–Crippen LogP) is 3.73. The molecule has 15 heavy (non-hydrogen) atoms. The van der Waals surface area contributed by atoms with Crippen LogP contribution in [0.1, 0.15) is 11.3 Å². The number of nitrogens with zero attached hydrogens (tertiary/aromatic N) is 2. The van der Waals surface area contributed by atoms with Gasteiger partial charge in [0.25, 0.3) is 0 Å². The summed E-state index contributed by atoms with van der Waals surface area (Å²) in [6.45, 7) is 1.96. The van der Waals surface area contributed by atoms with Crippen LogP contribution in [0.5, 0.6) is 0 Å². The Morgan fingerprint density at radius 3 is 2.73 bits per heavy atom. The zero-order valence-electron chi connectivity index (χ0n) is 8.24. The molecule has 0 spiro atoms. The van der Waals surface area contributed by atoms with Crippen LogP contribution in [0, 0.1) is 6.92 Å². The van der Waals surface area contributed by atoms with E-state index in [4.69, 9.17) is 11.6 Å². The van der Waals surface area contributed by atoms with Crippen LogP contribution in [0.3, 0.4) is 0 Å². The van der Waals surface area contributed by atoms with E-state index in [1.807, 2.05) is 42.1 Å². The van der Waals surface area contributed by atoms with Gasteiger partial charge in [-0.05, 0) is 30.7 Å². The molecule has 1 aromatic carbocycles. The van der Waals surface area contributed by atoms with Gasteiger partial charge in [-0.2, -0.15) is 5.10 Å². The van der Waals surface area contributed by atoms with E-state index in [9.17, 15) is 0 Å². The van der Waals surface area contributed by atoms with Gasteiger partial charge in [0.2, 0.25) is 0 Å². The molecule has 0 bridgehead atoms. The van der Waals surface area contributed by atoms with Gasteiger partial charge in [-0.3, -0.25) is 0 Å². The van der Waals surface area contributed by atoms with Gasteiger partial charge in [0.15, 0.2) is 0 Å². The highest BCUT2D eigenvalue weighted by Gasteiger charge is 2.02. The van der Waals surface area contributed by atoms with Crippen molar-refractivity contribution in [2.45, 2.75) is 12.3 Å². The Balaban J connectivity index is 2.42. The number of aromatic nitrogens is 2. The summed E-state index contributed by atoms with van der Waals surface area (Å²) < 4.78 is 1.82. The van der Waals surface area contributed by atoms with Gasteiger partial charge >= 0.3 is 0 Å². The molecule has 0 saturated carbocycles. The number of halogens is 2. The number of hydrogen-bond acceptors (Lipinski definition) is 1. The minimum absolute atomic E-state index is 0.762. The molecule has 0 saturated heterocycles. The van der Waals surface area contributed by atoms with Crippen LogP contribution >= 0.6 is 27.5 Å². The van der Waals surface area contributed by atoms with Gasteiger partial charge in [0.05, 0.1) is 11.4 Å². The summed E-state index contributed by atoms with van der Waals surface area (Å²) >= 11 is 9.50. The van der Waals surface area contributed by atoms with Gasteiger partial charge in [0, 0.05) is 16.5 Å². The van der Waals surface area contributed by atoms with E-state index >= 15 is 0 Å². The Kier molecular flexibility index (Phi) is 3.12. The van der Waals surface area contributed by atoms with Crippen molar-refractivity contribution in [2.24, 2.45) is 0 Å². The zero-order chi connectivity index (χ0) is 10.8. The lowest BCUT2D eigenvalue weighted by Gasteiger charge is -2.04. The molecule has 0 amide bonds. The minimum Gasteiger partial charge on any atom is -0.241 e. The average molecular weight is 286 g/mol. The standard InChI is InChI=1S/C11H10BrClN2/c1-8-4-5-15(14-8)10-3-2-9(7-12)11(13)6-10/h2-6H,7H2,1H3. The van der Waals surface area contributed by atoms with E-state index in [0.29, 0.717) is 0 Å². The first-order valence-corrected chi connectivity index (χ1v) is 6.07. The van der Waals surface area contributed by atoms with E-state index < -0.39 is 0 Å². The fourth-order valence-corrected chi connectivity index (χ4v) is 2.24. The summed E-state index contributed by atoms with van der Waals surface area (Å²) in [5.41, 5.74) is 3.07. The smallest absolute Gasteiger partial charge is 0.0660 e. The molecule has 2 aromatic rings. The SMILES string of the molecule is Cc1ccn(-c2ccc(CBr)c(Cl)c2)n1. The summed E-state index contributed by atoms with van der Waals surface area (Å²) in [6.07, 6.45) is 1.93. The first kappa shape index (κ1) is 10.7. The lowest BCUT2D eigenvalue weighted by molar-refractivity contribution is 0.862. The second-order valence-electron chi connectivity index (χ2n) is 3.31. The van der Waals surface area contributed by atoms with Gasteiger partial charge < -0.3 is 0 Å². The molecule has 2 nitrogen and oxygen atoms in total. The Labute approximate surface area is 102 Å². The Hall–Kier alpha value is -0.800. The van der Waals surface area contributed by atoms with Crippen molar-refractivity contribution in [1.29, 1.82) is 0 Å². The number of aryl methyl sites for hydroxylation is 1. The van der Waals surface area contributed by atoms with Crippen molar-refractivity contribution in [1.82, 2.24) is 9.78 Å². The van der Waals surface area contributed by atoms with Gasteiger partial charge in [-0.15, -0.1) is 0 Å². The van der Waals surface area contributed by atoms with E-state index in [1.54, 1.807) is 0 Å². The number of benzene rings is 1. The fraction of sp³-hybridized carbons (Fsp3) is 0.182. The van der Waals surface area contributed by atoms with E-state index in [0.717, 1.165) is 27.3 Å². The number of hydrogen-bond donors (Lipinski definition) is 0. The van der Waals surface area contributed by atoms with Crippen LogP contribution in [0.4, 0.5) is 0 Å². The van der Waals surface area contributed by atoms with Crippen molar-refractivity contribution in [3.05, 3.63) is 46.7 Å². The Bertz CT molecular complexity index is 479. The highest BCUT2D eigenvalue weighted by Crippen LogP contribution is 2.22. The molecule has 0 unspecified atom stereocenters. The third-order valence-electron chi connectivity index (χ3n) is 2.17. The molecule has 1 heterocycles. The van der Waals surface area contributed by atoms with E-state index in [-0.39, 0.29) is 0 Å². The van der Waals surface area contributed by atoms with Crippen LogP contribution in [0.2, 0.25) is 5.02 Å². The van der Waals surface area contributed by atoms with Crippen LogP contribution in [-0.4, -0.2) is 9.78 Å². The second kappa shape index (κ2) is 4.37. The largest absolute Gasteiger partial charge is 0.241 e. The van der Waals surface area contributed by atoms with Gasteiger partial charge in [0.1, 0.15) is 0 Å². The maximum absolute atomic E-state index is 6.12. The second-order valence-corrected chi connectivity index (χ2v) is 4.28. The molecule has 0 radical (unpaired) electrons. The third-order valence-corrected chi connectivity index (χ3v) is 3.12. The summed E-state index contributed by atoms with van der Waals surface area (Å²) in [7, 11) is 0. The first-order chi connectivity index (χ1) is 7.20. The maximum Gasteiger partial charge on any atom is 0.0660 e. The molecular formula is C11H10BrClN2. The normalized spacial score (nSPS) is 10.6. The van der Waals surface area contributed by atoms with Crippen molar-refractivity contribution in [3.63, 3.8) is 0 Å². The van der Waals surface area contributed by atoms with E-state index in [2.05, 4.69) is 21.0 Å². The molecule has 0 aliphatic heterocycles. The first-order valence-electron chi connectivity index (χ1n) is 4.58. The minimum atomic E-state index is 0.762. The molecule has 2 rings (SSSR count). The summed E-state index contributed by atoms with van der Waals surface area (Å²) in [4.78, 5) is 0. The summed E-state index contributed by atoms with van der Waals surface area (Å²) in [5, 5.41) is 5.85. The molecule has 1 aromatic heterocycles. The molecule has 0 fully saturated rings. The zero-order valence-corrected chi connectivity index (χ0v) is 10.6. The fourth-order valence-electron chi connectivity index (χ4n) is 1.35. The van der Waals surface area contributed by atoms with Gasteiger partial charge in [-0.25, -0.2) is 4.68 Å². The molecule has 78 valence electrons. The summed E-state index contributed by atoms with van der Waals surface area (Å²) in [5.74, 6) is 0. The molecule has 0 atom stereocenters. The molecule has 4 heteroatoms. The van der Waals surface area contributed by atoms with Crippen molar-refractivity contribution < 1.29 is 0 Å². The molecular weight excluding hydrogens is 275 g/mol. The molecule has 0 aliphatic rings. The van der Waals surface area contributed by atoms with Crippen molar-refractivity contribution in [3.8, 4) is 5.69 Å². The monoisotopic (exact) mass is 284 g/mol. The lowest BCUT2D eigenvalue weighted by Crippen LogP contribution is -1.95. The number of alkyl halides is 1. The van der Waals surface area contributed by atoms with Gasteiger partial charge in [-0.1, -0.05) is 33.6 Å². The molecule has 0 N–H and O–H groups in total. The van der Waals surface area contributed by atoms with Crippen molar-refractivity contribution in [2.75, 3.05) is 0 Å².